The molecular weight excluding hydrogens is 278 g/mol. The van der Waals surface area contributed by atoms with E-state index in [0.717, 1.165) is 11.8 Å². The predicted octanol–water partition coefficient (Wildman–Crippen LogP) is 1.89. The Labute approximate surface area is 116 Å². The second-order valence-electron chi connectivity index (χ2n) is 4.36. The smallest absolute Gasteiger partial charge is 0.337 e. The maximum absolute atomic E-state index is 12.0. The molecule has 0 bridgehead atoms. The minimum absolute atomic E-state index is 0.0363. The molecule has 0 radical (unpaired) electrons. The first-order valence-corrected chi connectivity index (χ1v) is 7.71. The van der Waals surface area contributed by atoms with Crippen LogP contribution in [0.4, 0.5) is 0 Å². The number of carbonyl (C=O) groups is 1. The Balaban J connectivity index is 2.10. The van der Waals surface area contributed by atoms with Gasteiger partial charge < -0.3 is 5.11 Å². The van der Waals surface area contributed by atoms with E-state index >= 15 is 0 Å². The third kappa shape index (κ3) is 3.89. The fourth-order valence-corrected chi connectivity index (χ4v) is 3.16. The molecule has 1 heterocycles. The van der Waals surface area contributed by atoms with Crippen molar-refractivity contribution in [1.82, 2.24) is 4.98 Å². The summed E-state index contributed by atoms with van der Waals surface area (Å²) in [6.45, 7) is 0. The number of nitrogens with zero attached hydrogens (tertiary/aromatic N) is 1. The Hall–Kier alpha value is -2.21. The molecule has 6 heteroatoms. The first-order chi connectivity index (χ1) is 9.46. The van der Waals surface area contributed by atoms with Crippen molar-refractivity contribution in [3.8, 4) is 0 Å². The lowest BCUT2D eigenvalue weighted by atomic mass is 10.2. The van der Waals surface area contributed by atoms with E-state index in [1.165, 1.54) is 12.1 Å². The van der Waals surface area contributed by atoms with Gasteiger partial charge in [-0.1, -0.05) is 30.3 Å². The first-order valence-electron chi connectivity index (χ1n) is 5.89. The van der Waals surface area contributed by atoms with E-state index in [-0.39, 0.29) is 17.1 Å². The average Bonchev–Trinajstić information content (AvgIpc) is 2.39. The molecular formula is C14H13NO4S. The highest BCUT2D eigenvalue weighted by atomic mass is 32.2. The molecule has 5 nitrogen and oxygen atoms in total. The van der Waals surface area contributed by atoms with Gasteiger partial charge in [-0.25, -0.2) is 13.2 Å². The van der Waals surface area contributed by atoms with Crippen LogP contribution < -0.4 is 0 Å². The summed E-state index contributed by atoms with van der Waals surface area (Å²) >= 11 is 0. The summed E-state index contributed by atoms with van der Waals surface area (Å²) in [4.78, 5) is 14.5. The molecule has 0 saturated carbocycles. The summed E-state index contributed by atoms with van der Waals surface area (Å²) in [6.07, 6.45) is 1.16. The van der Waals surface area contributed by atoms with Crippen molar-refractivity contribution in [2.75, 3.05) is 0 Å². The molecule has 0 fully saturated rings. The summed E-state index contributed by atoms with van der Waals surface area (Å²) in [7, 11) is -3.33. The van der Waals surface area contributed by atoms with Gasteiger partial charge in [0, 0.05) is 6.20 Å². The zero-order chi connectivity index (χ0) is 14.6. The summed E-state index contributed by atoms with van der Waals surface area (Å²) in [5, 5.41) is 8.74. The highest BCUT2D eigenvalue weighted by Crippen LogP contribution is 2.11. The van der Waals surface area contributed by atoms with Crippen LogP contribution in [0.5, 0.6) is 0 Å². The van der Waals surface area contributed by atoms with Gasteiger partial charge in [-0.15, -0.1) is 0 Å². The van der Waals surface area contributed by atoms with Crippen LogP contribution in [0.15, 0.2) is 48.7 Å². The lowest BCUT2D eigenvalue weighted by molar-refractivity contribution is 0.0696. The van der Waals surface area contributed by atoms with Crippen LogP contribution in [-0.4, -0.2) is 24.5 Å². The van der Waals surface area contributed by atoms with E-state index in [9.17, 15) is 13.2 Å². The Morgan fingerprint density at radius 3 is 2.30 bits per heavy atom. The lowest BCUT2D eigenvalue weighted by Crippen LogP contribution is -2.09. The van der Waals surface area contributed by atoms with Crippen LogP contribution in [0, 0.1) is 0 Å². The molecule has 2 rings (SSSR count). The number of hydrogen-bond acceptors (Lipinski definition) is 4. The molecule has 0 aliphatic carbocycles. The monoisotopic (exact) mass is 291 g/mol. The van der Waals surface area contributed by atoms with Crippen molar-refractivity contribution >= 4 is 15.8 Å². The maximum atomic E-state index is 12.0. The average molecular weight is 291 g/mol. The number of hydrogen-bond donors (Lipinski definition) is 1. The molecule has 1 aromatic carbocycles. The van der Waals surface area contributed by atoms with Crippen LogP contribution in [0.25, 0.3) is 0 Å². The molecule has 0 unspecified atom stereocenters. The molecule has 0 atom stereocenters. The van der Waals surface area contributed by atoms with Gasteiger partial charge in [-0.05, 0) is 17.7 Å². The van der Waals surface area contributed by atoms with E-state index < -0.39 is 15.8 Å². The summed E-state index contributed by atoms with van der Waals surface area (Å²) < 4.78 is 24.1. The molecule has 0 aliphatic rings. The van der Waals surface area contributed by atoms with E-state index in [1.54, 1.807) is 24.3 Å². The van der Waals surface area contributed by atoms with Gasteiger partial charge in [-0.2, -0.15) is 0 Å². The highest BCUT2D eigenvalue weighted by Gasteiger charge is 2.14. The molecule has 1 aromatic heterocycles. The van der Waals surface area contributed by atoms with Gasteiger partial charge in [0.1, 0.15) is 0 Å². The third-order valence-corrected chi connectivity index (χ3v) is 4.18. The molecule has 104 valence electrons. The third-order valence-electron chi connectivity index (χ3n) is 2.67. The maximum Gasteiger partial charge on any atom is 0.337 e. The van der Waals surface area contributed by atoms with Gasteiger partial charge in [0.05, 0.1) is 22.8 Å². The molecule has 1 N–H and O–H groups in total. The zero-order valence-electron chi connectivity index (χ0n) is 10.6. The van der Waals surface area contributed by atoms with Crippen molar-refractivity contribution in [3.63, 3.8) is 0 Å². The SMILES string of the molecule is O=C(O)c1ccc(CS(=O)(=O)Cc2ccccc2)nc1. The van der Waals surface area contributed by atoms with Gasteiger partial charge in [0.2, 0.25) is 0 Å². The molecule has 2 aromatic rings. The minimum Gasteiger partial charge on any atom is -0.478 e. The van der Waals surface area contributed by atoms with Crippen LogP contribution >= 0.6 is 0 Å². The van der Waals surface area contributed by atoms with Crippen molar-refractivity contribution in [3.05, 3.63) is 65.5 Å². The summed E-state index contributed by atoms with van der Waals surface area (Å²) in [6, 6.07) is 11.7. The highest BCUT2D eigenvalue weighted by molar-refractivity contribution is 7.89. The van der Waals surface area contributed by atoms with Crippen LogP contribution in [0.1, 0.15) is 21.6 Å². The first kappa shape index (κ1) is 14.2. The number of aromatic nitrogens is 1. The number of aromatic carboxylic acids is 1. The number of pyridine rings is 1. The Morgan fingerprint density at radius 2 is 1.75 bits per heavy atom. The Kier molecular flexibility index (Phi) is 4.14. The lowest BCUT2D eigenvalue weighted by Gasteiger charge is -2.04. The molecule has 0 spiro atoms. The Morgan fingerprint density at radius 1 is 1.05 bits per heavy atom. The number of carboxylic acids is 1. The van der Waals surface area contributed by atoms with E-state index in [1.807, 2.05) is 6.07 Å². The predicted molar refractivity (Wildman–Crippen MR) is 74.0 cm³/mol. The molecule has 0 saturated heterocycles. The zero-order valence-corrected chi connectivity index (χ0v) is 11.4. The quantitative estimate of drug-likeness (QED) is 0.909. The molecule has 20 heavy (non-hydrogen) atoms. The number of rotatable bonds is 5. The number of sulfone groups is 1. The van der Waals surface area contributed by atoms with Gasteiger partial charge in [0.15, 0.2) is 9.84 Å². The van der Waals surface area contributed by atoms with Crippen molar-refractivity contribution in [2.24, 2.45) is 0 Å². The van der Waals surface area contributed by atoms with Crippen molar-refractivity contribution in [1.29, 1.82) is 0 Å². The summed E-state index contributed by atoms with van der Waals surface area (Å²) in [5.74, 6) is -1.35. The number of carboxylic acid groups (broad SMARTS) is 1. The largest absolute Gasteiger partial charge is 0.478 e. The topological polar surface area (TPSA) is 84.3 Å². The van der Waals surface area contributed by atoms with Crippen LogP contribution in [0.3, 0.4) is 0 Å². The van der Waals surface area contributed by atoms with Crippen LogP contribution in [-0.2, 0) is 21.3 Å². The minimum atomic E-state index is -3.33. The van der Waals surface area contributed by atoms with Crippen molar-refractivity contribution in [2.45, 2.75) is 11.5 Å². The van der Waals surface area contributed by atoms with Gasteiger partial charge in [0.25, 0.3) is 0 Å². The van der Waals surface area contributed by atoms with Crippen LogP contribution in [0.2, 0.25) is 0 Å². The van der Waals surface area contributed by atoms with E-state index in [0.29, 0.717) is 5.69 Å². The Bertz CT molecular complexity index is 694. The summed E-state index contributed by atoms with van der Waals surface area (Å²) in [5.41, 5.74) is 1.09. The molecule has 0 amide bonds. The van der Waals surface area contributed by atoms with E-state index in [2.05, 4.69) is 4.98 Å². The van der Waals surface area contributed by atoms with E-state index in [4.69, 9.17) is 5.11 Å². The molecule has 0 aliphatic heterocycles. The number of benzene rings is 1. The van der Waals surface area contributed by atoms with Gasteiger partial charge in [-0.3, -0.25) is 4.98 Å². The normalized spacial score (nSPS) is 11.2. The van der Waals surface area contributed by atoms with Gasteiger partial charge >= 0.3 is 5.97 Å². The fourth-order valence-electron chi connectivity index (χ4n) is 1.74. The second-order valence-corrected chi connectivity index (χ2v) is 6.43. The fraction of sp³-hybridized carbons (Fsp3) is 0.143. The standard InChI is InChI=1S/C14H13NO4S/c16-14(17)12-6-7-13(15-8-12)10-20(18,19)9-11-4-2-1-3-5-11/h1-8H,9-10H2,(H,16,17). The second kappa shape index (κ2) is 5.83. The van der Waals surface area contributed by atoms with Crippen molar-refractivity contribution < 1.29 is 18.3 Å².